The first-order chi connectivity index (χ1) is 8.70. The summed E-state index contributed by atoms with van der Waals surface area (Å²) in [4.78, 5) is 14.5. The highest BCUT2D eigenvalue weighted by molar-refractivity contribution is 8.00. The molecule has 2 bridgehead atoms. The molecule has 5 heteroatoms. The Kier molecular flexibility index (Phi) is 7.55. The van der Waals surface area contributed by atoms with Crippen LogP contribution in [0.1, 0.15) is 46.0 Å². The summed E-state index contributed by atoms with van der Waals surface area (Å²) in [7, 11) is 0. The predicted octanol–water partition coefficient (Wildman–Crippen LogP) is 2.68. The summed E-state index contributed by atoms with van der Waals surface area (Å²) >= 11 is 1.82. The number of halogens is 1. The van der Waals surface area contributed by atoms with E-state index in [0.29, 0.717) is 18.0 Å². The zero-order valence-corrected chi connectivity index (χ0v) is 13.7. The molecule has 1 N–H and O–H groups in total. The van der Waals surface area contributed by atoms with Crippen LogP contribution < -0.4 is 5.32 Å². The molecule has 2 saturated heterocycles. The molecule has 2 aliphatic heterocycles. The van der Waals surface area contributed by atoms with E-state index in [9.17, 15) is 4.79 Å². The monoisotopic (exact) mass is 306 g/mol. The fourth-order valence-electron chi connectivity index (χ4n) is 2.88. The van der Waals surface area contributed by atoms with E-state index in [1.807, 2.05) is 11.8 Å². The van der Waals surface area contributed by atoms with Gasteiger partial charge in [0.2, 0.25) is 5.91 Å². The second-order valence-electron chi connectivity index (χ2n) is 5.58. The highest BCUT2D eigenvalue weighted by Gasteiger charge is 2.32. The fraction of sp³-hybridized carbons (Fsp3) is 0.929. The van der Waals surface area contributed by atoms with E-state index in [2.05, 4.69) is 24.1 Å². The smallest absolute Gasteiger partial charge is 0.235 e. The van der Waals surface area contributed by atoms with Crippen molar-refractivity contribution in [3.8, 4) is 0 Å². The van der Waals surface area contributed by atoms with Gasteiger partial charge >= 0.3 is 0 Å². The Morgan fingerprint density at radius 2 is 2.11 bits per heavy atom. The summed E-state index contributed by atoms with van der Waals surface area (Å²) in [5, 5.41) is 3.76. The number of hydrogen-bond acceptors (Lipinski definition) is 3. The molecular formula is C14H27ClN2OS. The summed E-state index contributed by atoms with van der Waals surface area (Å²) in [6.07, 6.45) is 6.10. The Hall–Kier alpha value is 0.0700. The average molecular weight is 307 g/mol. The molecule has 0 radical (unpaired) electrons. The molecule has 19 heavy (non-hydrogen) atoms. The van der Waals surface area contributed by atoms with E-state index in [-0.39, 0.29) is 17.7 Å². The van der Waals surface area contributed by atoms with Crippen LogP contribution in [-0.2, 0) is 4.79 Å². The second-order valence-corrected chi connectivity index (χ2v) is 7.03. The molecule has 3 nitrogen and oxygen atoms in total. The molecule has 1 amide bonds. The van der Waals surface area contributed by atoms with Crippen molar-refractivity contribution in [1.82, 2.24) is 10.2 Å². The third kappa shape index (κ3) is 4.83. The van der Waals surface area contributed by atoms with Gasteiger partial charge in [0.1, 0.15) is 0 Å². The lowest BCUT2D eigenvalue weighted by molar-refractivity contribution is -0.130. The van der Waals surface area contributed by atoms with Crippen molar-refractivity contribution in [3.05, 3.63) is 0 Å². The maximum Gasteiger partial charge on any atom is 0.235 e. The van der Waals surface area contributed by atoms with E-state index in [4.69, 9.17) is 0 Å². The van der Waals surface area contributed by atoms with E-state index >= 15 is 0 Å². The summed E-state index contributed by atoms with van der Waals surface area (Å²) in [6.45, 7) is 6.14. The first-order valence-electron chi connectivity index (χ1n) is 7.37. The van der Waals surface area contributed by atoms with Crippen molar-refractivity contribution in [2.45, 2.75) is 63.3 Å². The van der Waals surface area contributed by atoms with Crippen molar-refractivity contribution in [1.29, 1.82) is 0 Å². The van der Waals surface area contributed by atoms with Crippen molar-refractivity contribution in [2.24, 2.45) is 0 Å². The van der Waals surface area contributed by atoms with Gasteiger partial charge in [-0.05, 0) is 38.4 Å². The summed E-state index contributed by atoms with van der Waals surface area (Å²) in [6, 6.07) is 1.21. The number of nitrogens with zero attached hydrogens (tertiary/aromatic N) is 1. The highest BCUT2D eigenvalue weighted by Crippen LogP contribution is 2.23. The molecule has 0 saturated carbocycles. The zero-order valence-electron chi connectivity index (χ0n) is 12.1. The number of fused-ring (bicyclic) bond motifs is 2. The number of likely N-dealkylation sites (tertiary alicyclic amines) is 1. The van der Waals surface area contributed by atoms with E-state index in [0.717, 1.165) is 25.3 Å². The van der Waals surface area contributed by atoms with Crippen molar-refractivity contribution in [2.75, 3.05) is 18.8 Å². The summed E-state index contributed by atoms with van der Waals surface area (Å²) < 4.78 is 0. The highest BCUT2D eigenvalue weighted by atomic mass is 35.5. The maximum absolute atomic E-state index is 12.4. The maximum atomic E-state index is 12.4. The SMILES string of the molecule is CCCCSC(C)C(=O)N1CCC2CCC(C1)N2.Cl. The van der Waals surface area contributed by atoms with Gasteiger partial charge in [-0.25, -0.2) is 0 Å². The van der Waals surface area contributed by atoms with Crippen LogP contribution in [0.15, 0.2) is 0 Å². The molecule has 2 heterocycles. The largest absolute Gasteiger partial charge is 0.340 e. The number of carbonyl (C=O) groups excluding carboxylic acids is 1. The zero-order chi connectivity index (χ0) is 13.0. The van der Waals surface area contributed by atoms with Crippen LogP contribution in [-0.4, -0.2) is 47.0 Å². The standard InChI is InChI=1S/C14H26N2OS.ClH/c1-3-4-9-18-11(2)14(17)16-8-7-12-5-6-13(10-16)15-12;/h11-13,15H,3-10H2,1-2H3;1H. The Labute approximate surface area is 127 Å². The van der Waals surface area contributed by atoms with Gasteiger partial charge in [-0.2, -0.15) is 0 Å². The number of nitrogens with one attached hydrogen (secondary N) is 1. The van der Waals surface area contributed by atoms with Gasteiger partial charge in [-0.3, -0.25) is 4.79 Å². The van der Waals surface area contributed by atoms with Crippen LogP contribution in [0, 0.1) is 0 Å². The van der Waals surface area contributed by atoms with Gasteiger partial charge in [-0.15, -0.1) is 24.2 Å². The molecule has 0 aromatic rings. The van der Waals surface area contributed by atoms with Crippen molar-refractivity contribution >= 4 is 30.1 Å². The molecule has 0 aromatic heterocycles. The summed E-state index contributed by atoms with van der Waals surface area (Å²) in [5.74, 6) is 1.46. The van der Waals surface area contributed by atoms with Crippen LogP contribution in [0.3, 0.4) is 0 Å². The van der Waals surface area contributed by atoms with E-state index in [1.54, 1.807) is 0 Å². The average Bonchev–Trinajstić information content (AvgIpc) is 2.68. The van der Waals surface area contributed by atoms with Gasteiger partial charge in [-0.1, -0.05) is 13.3 Å². The lowest BCUT2D eigenvalue weighted by atomic mass is 10.1. The number of thioether (sulfide) groups is 1. The number of rotatable bonds is 5. The van der Waals surface area contributed by atoms with Crippen LogP contribution in [0.4, 0.5) is 0 Å². The van der Waals surface area contributed by atoms with Gasteiger partial charge in [0.05, 0.1) is 5.25 Å². The van der Waals surface area contributed by atoms with Gasteiger partial charge in [0, 0.05) is 25.2 Å². The quantitative estimate of drug-likeness (QED) is 0.793. The second kappa shape index (κ2) is 8.38. The Balaban J connectivity index is 0.00000180. The van der Waals surface area contributed by atoms with E-state index in [1.165, 1.54) is 25.7 Å². The lowest BCUT2D eigenvalue weighted by Gasteiger charge is -2.27. The number of unbranched alkanes of at least 4 members (excludes halogenated alkanes) is 1. The van der Waals surface area contributed by atoms with Gasteiger partial charge < -0.3 is 10.2 Å². The topological polar surface area (TPSA) is 32.3 Å². The van der Waals surface area contributed by atoms with Crippen molar-refractivity contribution < 1.29 is 4.79 Å². The molecule has 0 spiro atoms. The molecule has 2 aliphatic rings. The Morgan fingerprint density at radius 1 is 1.37 bits per heavy atom. The Morgan fingerprint density at radius 3 is 2.84 bits per heavy atom. The molecule has 0 aliphatic carbocycles. The van der Waals surface area contributed by atoms with Gasteiger partial charge in [0.25, 0.3) is 0 Å². The van der Waals surface area contributed by atoms with Crippen LogP contribution in [0.25, 0.3) is 0 Å². The van der Waals surface area contributed by atoms with Crippen molar-refractivity contribution in [3.63, 3.8) is 0 Å². The lowest BCUT2D eigenvalue weighted by Crippen LogP contribution is -2.42. The molecular weight excluding hydrogens is 280 g/mol. The molecule has 112 valence electrons. The first-order valence-corrected chi connectivity index (χ1v) is 8.42. The molecule has 2 rings (SSSR count). The van der Waals surface area contributed by atoms with Crippen LogP contribution in [0.2, 0.25) is 0 Å². The minimum Gasteiger partial charge on any atom is -0.340 e. The predicted molar refractivity (Wildman–Crippen MR) is 85.2 cm³/mol. The van der Waals surface area contributed by atoms with E-state index < -0.39 is 0 Å². The molecule has 2 fully saturated rings. The van der Waals surface area contributed by atoms with Crippen LogP contribution >= 0.6 is 24.2 Å². The number of carbonyl (C=O) groups is 1. The van der Waals surface area contributed by atoms with Crippen LogP contribution in [0.5, 0.6) is 0 Å². The summed E-state index contributed by atoms with van der Waals surface area (Å²) in [5.41, 5.74) is 0. The first kappa shape index (κ1) is 17.1. The minimum atomic E-state index is 0. The Bertz CT molecular complexity index is 291. The third-order valence-electron chi connectivity index (χ3n) is 4.05. The number of hydrogen-bond donors (Lipinski definition) is 1. The molecule has 3 atom stereocenters. The van der Waals surface area contributed by atoms with Gasteiger partial charge in [0.15, 0.2) is 0 Å². The normalized spacial score (nSPS) is 27.6. The molecule has 0 aromatic carbocycles. The fourth-order valence-corrected chi connectivity index (χ4v) is 3.98. The molecule has 3 unspecified atom stereocenters. The minimum absolute atomic E-state index is 0. The third-order valence-corrected chi connectivity index (χ3v) is 5.27. The number of amides is 1.